The Morgan fingerprint density at radius 3 is 2.60 bits per heavy atom. The van der Waals surface area contributed by atoms with Gasteiger partial charge in [-0.05, 0) is 28.5 Å². The van der Waals surface area contributed by atoms with Crippen molar-refractivity contribution in [3.8, 4) is 0 Å². The second kappa shape index (κ2) is 7.38. The highest BCUT2D eigenvalue weighted by Gasteiger charge is 2.19. The number of pyridine rings is 1. The molecule has 0 spiro atoms. The van der Waals surface area contributed by atoms with Crippen LogP contribution in [-0.2, 0) is 6.54 Å². The Hall–Kier alpha value is -0.650. The van der Waals surface area contributed by atoms with E-state index >= 15 is 0 Å². The highest BCUT2D eigenvalue weighted by atomic mass is 79.9. The number of rotatable bonds is 5. The number of anilines is 1. The van der Waals surface area contributed by atoms with Crippen molar-refractivity contribution in [1.82, 2.24) is 15.2 Å². The molecule has 1 N–H and O–H groups in total. The van der Waals surface area contributed by atoms with Gasteiger partial charge in [0.05, 0.1) is 0 Å². The molecule has 0 amide bonds. The van der Waals surface area contributed by atoms with Crippen molar-refractivity contribution in [1.29, 1.82) is 0 Å². The number of hydrogen-bond donors (Lipinski definition) is 1. The molecule has 0 atom stereocenters. The Labute approximate surface area is 130 Å². The Bertz CT molecular complexity index is 428. The molecule has 2 rings (SSSR count). The Morgan fingerprint density at radius 1 is 1.30 bits per heavy atom. The lowest BCUT2D eigenvalue weighted by atomic mass is 10.2. The summed E-state index contributed by atoms with van der Waals surface area (Å²) in [6.07, 6.45) is 1.90. The summed E-state index contributed by atoms with van der Waals surface area (Å²) in [5, 5.41) is 3.49. The lowest BCUT2D eigenvalue weighted by Gasteiger charge is -2.35. The van der Waals surface area contributed by atoms with Crippen LogP contribution in [0.1, 0.15) is 26.3 Å². The standard InChI is InChI=1S/C15H25BrN4/c1-4-19-5-7-20(8-6-19)15-13(10-17-12(2)3)9-14(16)11-18-15/h9,11-12,17H,4-8,10H2,1-3H3. The maximum Gasteiger partial charge on any atom is 0.133 e. The molecular weight excluding hydrogens is 316 g/mol. The molecule has 4 nitrogen and oxygen atoms in total. The molecule has 0 aromatic carbocycles. The van der Waals surface area contributed by atoms with E-state index in [0.29, 0.717) is 6.04 Å². The van der Waals surface area contributed by atoms with Gasteiger partial charge in [0.15, 0.2) is 0 Å². The molecule has 1 fully saturated rings. The first kappa shape index (κ1) is 15.7. The third-order valence-corrected chi connectivity index (χ3v) is 4.16. The molecule has 1 aromatic heterocycles. The quantitative estimate of drug-likeness (QED) is 0.892. The lowest BCUT2D eigenvalue weighted by Crippen LogP contribution is -2.46. The van der Waals surface area contributed by atoms with Gasteiger partial charge in [-0.15, -0.1) is 0 Å². The highest BCUT2D eigenvalue weighted by Crippen LogP contribution is 2.23. The number of nitrogens with zero attached hydrogens (tertiary/aromatic N) is 3. The predicted molar refractivity (Wildman–Crippen MR) is 88.2 cm³/mol. The molecule has 1 saturated heterocycles. The Kier molecular flexibility index (Phi) is 5.81. The summed E-state index contributed by atoms with van der Waals surface area (Å²) in [7, 11) is 0. The molecule has 0 radical (unpaired) electrons. The molecule has 0 aliphatic carbocycles. The summed E-state index contributed by atoms with van der Waals surface area (Å²) in [5.74, 6) is 1.14. The number of aromatic nitrogens is 1. The van der Waals surface area contributed by atoms with Gasteiger partial charge in [-0.2, -0.15) is 0 Å². The fourth-order valence-electron chi connectivity index (χ4n) is 2.48. The summed E-state index contributed by atoms with van der Waals surface area (Å²) in [4.78, 5) is 9.55. The minimum Gasteiger partial charge on any atom is -0.354 e. The summed E-state index contributed by atoms with van der Waals surface area (Å²) >= 11 is 3.53. The molecule has 0 bridgehead atoms. The molecule has 0 saturated carbocycles. The SMILES string of the molecule is CCN1CCN(c2ncc(Br)cc2CNC(C)C)CC1. The van der Waals surface area contributed by atoms with Crippen molar-refractivity contribution in [2.75, 3.05) is 37.6 Å². The molecule has 2 heterocycles. The van der Waals surface area contributed by atoms with E-state index in [-0.39, 0.29) is 0 Å². The van der Waals surface area contributed by atoms with Crippen LogP contribution >= 0.6 is 15.9 Å². The molecule has 20 heavy (non-hydrogen) atoms. The minimum atomic E-state index is 0.485. The van der Waals surface area contributed by atoms with Crippen molar-refractivity contribution < 1.29 is 0 Å². The highest BCUT2D eigenvalue weighted by molar-refractivity contribution is 9.10. The molecule has 1 aliphatic rings. The van der Waals surface area contributed by atoms with Crippen LogP contribution in [-0.4, -0.2) is 48.6 Å². The van der Waals surface area contributed by atoms with Gasteiger partial charge in [0, 0.05) is 55.0 Å². The van der Waals surface area contributed by atoms with Crippen LogP contribution in [0, 0.1) is 0 Å². The van der Waals surface area contributed by atoms with Crippen LogP contribution in [0.2, 0.25) is 0 Å². The van der Waals surface area contributed by atoms with Gasteiger partial charge in [0.2, 0.25) is 0 Å². The summed E-state index contributed by atoms with van der Waals surface area (Å²) in [6.45, 7) is 13.0. The van der Waals surface area contributed by atoms with Crippen molar-refractivity contribution in [3.63, 3.8) is 0 Å². The number of hydrogen-bond acceptors (Lipinski definition) is 4. The third-order valence-electron chi connectivity index (χ3n) is 3.73. The Morgan fingerprint density at radius 2 is 2.00 bits per heavy atom. The van der Waals surface area contributed by atoms with Crippen molar-refractivity contribution in [2.24, 2.45) is 0 Å². The van der Waals surface area contributed by atoms with Gasteiger partial charge in [-0.25, -0.2) is 4.98 Å². The number of nitrogens with one attached hydrogen (secondary N) is 1. The molecular formula is C15H25BrN4. The second-order valence-electron chi connectivity index (χ2n) is 5.59. The van der Waals surface area contributed by atoms with Gasteiger partial charge in [-0.1, -0.05) is 20.8 Å². The number of likely N-dealkylation sites (N-methyl/N-ethyl adjacent to an activating group) is 1. The van der Waals surface area contributed by atoms with E-state index in [1.54, 1.807) is 0 Å². The van der Waals surface area contributed by atoms with Gasteiger partial charge in [0.1, 0.15) is 5.82 Å². The normalized spacial score (nSPS) is 16.9. The first-order valence-corrected chi connectivity index (χ1v) is 8.24. The van der Waals surface area contributed by atoms with E-state index in [1.165, 1.54) is 5.56 Å². The van der Waals surface area contributed by atoms with Gasteiger partial charge in [-0.3, -0.25) is 0 Å². The van der Waals surface area contributed by atoms with E-state index in [4.69, 9.17) is 0 Å². The second-order valence-corrected chi connectivity index (χ2v) is 6.51. The smallest absolute Gasteiger partial charge is 0.133 e. The third kappa shape index (κ3) is 4.17. The zero-order chi connectivity index (χ0) is 14.5. The molecule has 112 valence electrons. The van der Waals surface area contributed by atoms with E-state index in [2.05, 4.69) is 62.9 Å². The van der Waals surface area contributed by atoms with E-state index in [9.17, 15) is 0 Å². The van der Waals surface area contributed by atoms with Crippen LogP contribution in [0.5, 0.6) is 0 Å². The molecule has 1 aromatic rings. The van der Waals surface area contributed by atoms with Gasteiger partial charge >= 0.3 is 0 Å². The van der Waals surface area contributed by atoms with Crippen molar-refractivity contribution in [2.45, 2.75) is 33.4 Å². The van der Waals surface area contributed by atoms with E-state index in [1.807, 2.05) is 6.20 Å². The summed E-state index contributed by atoms with van der Waals surface area (Å²) in [6, 6.07) is 2.67. The molecule has 0 unspecified atom stereocenters. The van der Waals surface area contributed by atoms with E-state index in [0.717, 1.165) is 49.6 Å². The number of halogens is 1. The van der Waals surface area contributed by atoms with E-state index < -0.39 is 0 Å². The van der Waals surface area contributed by atoms with Crippen LogP contribution in [0.15, 0.2) is 16.7 Å². The van der Waals surface area contributed by atoms with Crippen LogP contribution in [0.3, 0.4) is 0 Å². The maximum absolute atomic E-state index is 4.65. The largest absolute Gasteiger partial charge is 0.354 e. The topological polar surface area (TPSA) is 31.4 Å². The van der Waals surface area contributed by atoms with Gasteiger partial charge < -0.3 is 15.1 Å². The first-order valence-electron chi connectivity index (χ1n) is 7.45. The first-order chi connectivity index (χ1) is 9.60. The monoisotopic (exact) mass is 340 g/mol. The lowest BCUT2D eigenvalue weighted by molar-refractivity contribution is 0.270. The van der Waals surface area contributed by atoms with Crippen molar-refractivity contribution >= 4 is 21.7 Å². The summed E-state index contributed by atoms with van der Waals surface area (Å²) in [5.41, 5.74) is 1.28. The fraction of sp³-hybridized carbons (Fsp3) is 0.667. The predicted octanol–water partition coefficient (Wildman–Crippen LogP) is 2.48. The zero-order valence-corrected chi connectivity index (χ0v) is 14.3. The Balaban J connectivity index is 2.10. The van der Waals surface area contributed by atoms with Crippen LogP contribution in [0.25, 0.3) is 0 Å². The van der Waals surface area contributed by atoms with Crippen LogP contribution in [0.4, 0.5) is 5.82 Å². The van der Waals surface area contributed by atoms with Gasteiger partial charge in [0.25, 0.3) is 0 Å². The maximum atomic E-state index is 4.65. The molecule has 5 heteroatoms. The van der Waals surface area contributed by atoms with Crippen molar-refractivity contribution in [3.05, 3.63) is 22.3 Å². The number of piperazine rings is 1. The zero-order valence-electron chi connectivity index (χ0n) is 12.7. The van der Waals surface area contributed by atoms with Crippen LogP contribution < -0.4 is 10.2 Å². The summed E-state index contributed by atoms with van der Waals surface area (Å²) < 4.78 is 1.05. The average molecular weight is 341 g/mol. The average Bonchev–Trinajstić information content (AvgIpc) is 2.45. The molecule has 1 aliphatic heterocycles. The fourth-order valence-corrected chi connectivity index (χ4v) is 2.86. The minimum absolute atomic E-state index is 0.485.